The second kappa shape index (κ2) is 6.36. The summed E-state index contributed by atoms with van der Waals surface area (Å²) in [5.74, 6) is 0.348. The molecule has 0 radical (unpaired) electrons. The molecule has 116 valence electrons. The molecule has 0 fully saturated rings. The first-order valence-corrected chi connectivity index (χ1v) is 7.25. The maximum atomic E-state index is 12.3. The number of nitrogens with zero attached hydrogens (tertiary/aromatic N) is 1. The lowest BCUT2D eigenvalue weighted by Gasteiger charge is -2.12. The number of phenolic OH excluding ortho intramolecular Hbond substituents is 1. The summed E-state index contributed by atoms with van der Waals surface area (Å²) >= 11 is 0. The van der Waals surface area contributed by atoms with E-state index in [0.29, 0.717) is 5.76 Å². The molecule has 0 aliphatic rings. The number of rotatable bonds is 4. The molecular weight excluding hydrogens is 292 g/mol. The van der Waals surface area contributed by atoms with Crippen molar-refractivity contribution in [2.24, 2.45) is 0 Å². The topological polar surface area (TPSA) is 75.4 Å². The third-order valence-electron chi connectivity index (χ3n) is 3.54. The smallest absolute Gasteiger partial charge is 0.273 e. The number of hydrogen-bond acceptors (Lipinski definition) is 4. The van der Waals surface area contributed by atoms with Gasteiger partial charge >= 0.3 is 0 Å². The van der Waals surface area contributed by atoms with Gasteiger partial charge in [-0.15, -0.1) is 0 Å². The van der Waals surface area contributed by atoms with E-state index in [9.17, 15) is 9.90 Å². The van der Waals surface area contributed by atoms with Gasteiger partial charge in [0.1, 0.15) is 5.75 Å². The van der Waals surface area contributed by atoms with E-state index in [2.05, 4.69) is 10.5 Å². The van der Waals surface area contributed by atoms with Gasteiger partial charge in [0, 0.05) is 11.6 Å². The van der Waals surface area contributed by atoms with Crippen molar-refractivity contribution in [3.63, 3.8) is 0 Å². The van der Waals surface area contributed by atoms with Gasteiger partial charge in [-0.1, -0.05) is 35.5 Å². The van der Waals surface area contributed by atoms with E-state index in [0.717, 1.165) is 11.1 Å². The van der Waals surface area contributed by atoms with Crippen LogP contribution in [0.25, 0.3) is 11.3 Å². The Morgan fingerprint density at radius 1 is 1.13 bits per heavy atom. The van der Waals surface area contributed by atoms with Crippen molar-refractivity contribution < 1.29 is 14.4 Å². The Balaban J connectivity index is 1.72. The number of hydrogen-bond donors (Lipinski definition) is 2. The normalized spacial score (nSPS) is 11.9. The molecule has 0 aliphatic carbocycles. The molecular formula is C18H16N2O3. The monoisotopic (exact) mass is 308 g/mol. The largest absolute Gasteiger partial charge is 0.508 e. The molecule has 0 bridgehead atoms. The molecule has 3 rings (SSSR count). The van der Waals surface area contributed by atoms with Crippen LogP contribution in [0.4, 0.5) is 0 Å². The molecule has 0 unspecified atom stereocenters. The average Bonchev–Trinajstić information content (AvgIpc) is 3.06. The number of carbonyl (C=O) groups excluding carboxylic acids is 1. The highest BCUT2D eigenvalue weighted by atomic mass is 16.5. The molecule has 2 aromatic carbocycles. The molecule has 5 nitrogen and oxygen atoms in total. The fourth-order valence-corrected chi connectivity index (χ4v) is 2.24. The second-order valence-corrected chi connectivity index (χ2v) is 5.23. The van der Waals surface area contributed by atoms with Crippen molar-refractivity contribution in [1.29, 1.82) is 0 Å². The molecule has 1 amide bonds. The summed E-state index contributed by atoms with van der Waals surface area (Å²) in [4.78, 5) is 12.3. The standard InChI is InChI=1S/C18H16N2O3/c1-12(13-5-3-2-4-6-13)19-18(22)16-11-17(23-20-16)14-7-9-15(21)10-8-14/h2-12,21H,1H3,(H,19,22)/t12-/m1/s1. The van der Waals surface area contributed by atoms with Gasteiger partial charge in [0.15, 0.2) is 11.5 Å². The Morgan fingerprint density at radius 2 is 1.83 bits per heavy atom. The molecule has 0 spiro atoms. The first-order chi connectivity index (χ1) is 11.1. The summed E-state index contributed by atoms with van der Waals surface area (Å²) < 4.78 is 5.21. The van der Waals surface area contributed by atoms with Crippen LogP contribution >= 0.6 is 0 Å². The number of phenols is 1. The van der Waals surface area contributed by atoms with Crippen LogP contribution < -0.4 is 5.32 Å². The van der Waals surface area contributed by atoms with Crippen LogP contribution in [0, 0.1) is 0 Å². The van der Waals surface area contributed by atoms with E-state index in [1.54, 1.807) is 30.3 Å². The fourth-order valence-electron chi connectivity index (χ4n) is 2.24. The quantitative estimate of drug-likeness (QED) is 0.773. The van der Waals surface area contributed by atoms with E-state index in [-0.39, 0.29) is 23.4 Å². The molecule has 1 aromatic heterocycles. The van der Waals surface area contributed by atoms with Gasteiger partial charge in [0.05, 0.1) is 6.04 Å². The van der Waals surface area contributed by atoms with Gasteiger partial charge in [0.25, 0.3) is 5.91 Å². The molecule has 0 saturated heterocycles. The second-order valence-electron chi connectivity index (χ2n) is 5.23. The van der Waals surface area contributed by atoms with E-state index >= 15 is 0 Å². The third-order valence-corrected chi connectivity index (χ3v) is 3.54. The molecule has 1 atom stereocenters. The Hall–Kier alpha value is -3.08. The first kappa shape index (κ1) is 14.8. The van der Waals surface area contributed by atoms with Gasteiger partial charge < -0.3 is 14.9 Å². The highest BCUT2D eigenvalue weighted by Crippen LogP contribution is 2.23. The Bertz CT molecular complexity index is 795. The van der Waals surface area contributed by atoms with Crippen LogP contribution in [-0.4, -0.2) is 16.2 Å². The fraction of sp³-hybridized carbons (Fsp3) is 0.111. The summed E-state index contributed by atoms with van der Waals surface area (Å²) in [7, 11) is 0. The van der Waals surface area contributed by atoms with Crippen LogP contribution in [-0.2, 0) is 0 Å². The zero-order chi connectivity index (χ0) is 16.2. The highest BCUT2D eigenvalue weighted by Gasteiger charge is 2.16. The predicted octanol–water partition coefficient (Wildman–Crippen LogP) is 3.54. The van der Waals surface area contributed by atoms with E-state index in [1.165, 1.54) is 0 Å². The summed E-state index contributed by atoms with van der Waals surface area (Å²) in [5, 5.41) is 16.0. The van der Waals surface area contributed by atoms with Gasteiger partial charge in [-0.25, -0.2) is 0 Å². The molecule has 1 heterocycles. The molecule has 5 heteroatoms. The van der Waals surface area contributed by atoms with Crippen molar-refractivity contribution in [3.05, 3.63) is 71.9 Å². The van der Waals surface area contributed by atoms with Crippen molar-refractivity contribution in [3.8, 4) is 17.1 Å². The van der Waals surface area contributed by atoms with Crippen LogP contribution in [0.1, 0.15) is 29.0 Å². The van der Waals surface area contributed by atoms with Crippen LogP contribution in [0.15, 0.2) is 65.2 Å². The predicted molar refractivity (Wildman–Crippen MR) is 85.9 cm³/mol. The van der Waals surface area contributed by atoms with Gasteiger partial charge in [-0.05, 0) is 36.8 Å². The number of nitrogens with one attached hydrogen (secondary N) is 1. The van der Waals surface area contributed by atoms with Crippen LogP contribution in [0.3, 0.4) is 0 Å². The third kappa shape index (κ3) is 3.40. The molecule has 0 aliphatic heterocycles. The van der Waals surface area contributed by atoms with Crippen molar-refractivity contribution in [2.75, 3.05) is 0 Å². The lowest BCUT2D eigenvalue weighted by Crippen LogP contribution is -2.26. The minimum absolute atomic E-state index is 0.127. The summed E-state index contributed by atoms with van der Waals surface area (Å²) in [6, 6.07) is 17.6. The van der Waals surface area contributed by atoms with Crippen molar-refractivity contribution in [2.45, 2.75) is 13.0 Å². The number of carbonyl (C=O) groups is 1. The number of amides is 1. The maximum Gasteiger partial charge on any atom is 0.273 e. The zero-order valence-corrected chi connectivity index (χ0v) is 12.6. The molecule has 0 saturated carbocycles. The highest BCUT2D eigenvalue weighted by molar-refractivity contribution is 5.93. The summed E-state index contributed by atoms with van der Waals surface area (Å²) in [6.07, 6.45) is 0. The van der Waals surface area contributed by atoms with Crippen LogP contribution in [0.5, 0.6) is 5.75 Å². The van der Waals surface area contributed by atoms with Crippen molar-refractivity contribution >= 4 is 5.91 Å². The lowest BCUT2D eigenvalue weighted by atomic mass is 10.1. The minimum atomic E-state index is -0.296. The van der Waals surface area contributed by atoms with E-state index in [4.69, 9.17) is 4.52 Å². The summed E-state index contributed by atoms with van der Waals surface area (Å²) in [5.41, 5.74) is 1.98. The molecule has 23 heavy (non-hydrogen) atoms. The van der Waals surface area contributed by atoms with E-state index in [1.807, 2.05) is 37.3 Å². The molecule has 2 N–H and O–H groups in total. The number of aromatic nitrogens is 1. The summed E-state index contributed by atoms with van der Waals surface area (Å²) in [6.45, 7) is 1.91. The lowest BCUT2D eigenvalue weighted by molar-refractivity contribution is 0.0931. The van der Waals surface area contributed by atoms with Gasteiger partial charge in [0.2, 0.25) is 0 Å². The number of benzene rings is 2. The maximum absolute atomic E-state index is 12.3. The Morgan fingerprint density at radius 3 is 2.52 bits per heavy atom. The first-order valence-electron chi connectivity index (χ1n) is 7.25. The van der Waals surface area contributed by atoms with E-state index < -0.39 is 0 Å². The number of aromatic hydroxyl groups is 1. The molecule has 3 aromatic rings. The van der Waals surface area contributed by atoms with Crippen LogP contribution in [0.2, 0.25) is 0 Å². The van der Waals surface area contributed by atoms with Gasteiger partial charge in [-0.3, -0.25) is 4.79 Å². The Kier molecular flexibility index (Phi) is 4.10. The minimum Gasteiger partial charge on any atom is -0.508 e. The Labute approximate surface area is 133 Å². The SMILES string of the molecule is C[C@@H](NC(=O)c1cc(-c2ccc(O)cc2)on1)c1ccccc1. The van der Waals surface area contributed by atoms with Crippen molar-refractivity contribution in [1.82, 2.24) is 10.5 Å². The average molecular weight is 308 g/mol. The van der Waals surface area contributed by atoms with Gasteiger partial charge in [-0.2, -0.15) is 0 Å². The zero-order valence-electron chi connectivity index (χ0n) is 12.6.